The minimum Gasteiger partial charge on any atom is -0.507 e. The van der Waals surface area contributed by atoms with E-state index in [1.165, 1.54) is 0 Å². The first-order valence-electron chi connectivity index (χ1n) is 12.2. The van der Waals surface area contributed by atoms with Gasteiger partial charge in [0.25, 0.3) is 0 Å². The van der Waals surface area contributed by atoms with E-state index in [4.69, 9.17) is 0 Å². The molecule has 0 aliphatic heterocycles. The van der Waals surface area contributed by atoms with Gasteiger partial charge in [-0.1, -0.05) is 86.6 Å². The topological polar surface area (TPSA) is 80.9 Å². The van der Waals surface area contributed by atoms with Crippen molar-refractivity contribution in [1.82, 2.24) is 0 Å². The second-order valence-electron chi connectivity index (χ2n) is 11.2. The van der Waals surface area contributed by atoms with Crippen LogP contribution in [0.25, 0.3) is 0 Å². The molecule has 0 spiro atoms. The van der Waals surface area contributed by atoms with Crippen LogP contribution in [-0.4, -0.2) is 26.7 Å². The number of rotatable bonds is 9. The molecule has 2 aromatic rings. The van der Waals surface area contributed by atoms with E-state index in [9.17, 15) is 20.4 Å². The fraction of sp³-hybridized carbons (Fsp3) is 0.586. The van der Waals surface area contributed by atoms with Crippen molar-refractivity contribution in [2.45, 2.75) is 105 Å². The number of hydrogen-bond acceptors (Lipinski definition) is 4. The number of aliphatic hydroxyl groups excluding tert-OH is 1. The van der Waals surface area contributed by atoms with Crippen molar-refractivity contribution in [1.29, 1.82) is 0 Å². The zero-order valence-corrected chi connectivity index (χ0v) is 21.9. The molecule has 0 aliphatic carbocycles. The third-order valence-electron chi connectivity index (χ3n) is 6.78. The van der Waals surface area contributed by atoms with Gasteiger partial charge in [0.15, 0.2) is 6.29 Å². The van der Waals surface area contributed by atoms with E-state index in [0.717, 1.165) is 33.4 Å². The predicted octanol–water partition coefficient (Wildman–Crippen LogP) is 6.69. The molecule has 0 atom stereocenters. The number of aromatic hydroxyl groups is 2. The lowest BCUT2D eigenvalue weighted by molar-refractivity contribution is -0.128. The summed E-state index contributed by atoms with van der Waals surface area (Å²) in [6, 6.07) is 8.01. The summed E-state index contributed by atoms with van der Waals surface area (Å²) in [5.74, 6) is 1.33. The Labute approximate surface area is 200 Å². The van der Waals surface area contributed by atoms with Crippen LogP contribution >= 0.6 is 0 Å². The first-order valence-corrected chi connectivity index (χ1v) is 12.2. The van der Waals surface area contributed by atoms with Gasteiger partial charge < -0.3 is 20.4 Å². The van der Waals surface area contributed by atoms with E-state index in [1.54, 1.807) is 0 Å². The highest BCUT2D eigenvalue weighted by atomic mass is 16.5. The van der Waals surface area contributed by atoms with Gasteiger partial charge in [0, 0.05) is 5.41 Å². The van der Waals surface area contributed by atoms with Crippen molar-refractivity contribution >= 4 is 0 Å². The summed E-state index contributed by atoms with van der Waals surface area (Å²) in [6.45, 7) is 18.3. The molecule has 2 rings (SSSR count). The standard InChI is InChI=1S/C29H44O4/c1-16(2)22-10-20(11-23(17(3)4)26(22)30)14-29(9,28(32)33)15-21-12-24(18(5)6)27(31)25(13-21)19(7)8/h10-13,16-19,28,30-33H,14-15H2,1-9H3. The zero-order chi connectivity index (χ0) is 25.2. The largest absolute Gasteiger partial charge is 0.507 e. The van der Waals surface area contributed by atoms with Gasteiger partial charge in [-0.3, -0.25) is 0 Å². The minimum atomic E-state index is -1.52. The molecule has 0 saturated carbocycles. The van der Waals surface area contributed by atoms with Gasteiger partial charge in [0.05, 0.1) is 0 Å². The van der Waals surface area contributed by atoms with E-state index in [0.29, 0.717) is 24.3 Å². The van der Waals surface area contributed by atoms with E-state index in [-0.39, 0.29) is 23.7 Å². The molecule has 0 saturated heterocycles. The number of phenols is 2. The Morgan fingerprint density at radius 3 is 1.00 bits per heavy atom. The third-order valence-corrected chi connectivity index (χ3v) is 6.78. The van der Waals surface area contributed by atoms with Gasteiger partial charge in [-0.25, -0.2) is 0 Å². The van der Waals surface area contributed by atoms with Crippen molar-refractivity contribution < 1.29 is 20.4 Å². The van der Waals surface area contributed by atoms with E-state index in [2.05, 4.69) is 55.4 Å². The quantitative estimate of drug-likeness (QED) is 0.317. The molecular weight excluding hydrogens is 412 g/mol. The molecule has 4 N–H and O–H groups in total. The summed E-state index contributed by atoms with van der Waals surface area (Å²) >= 11 is 0. The van der Waals surface area contributed by atoms with Crippen LogP contribution in [0.15, 0.2) is 24.3 Å². The molecule has 4 nitrogen and oxygen atoms in total. The van der Waals surface area contributed by atoms with Crippen LogP contribution in [0.5, 0.6) is 11.5 Å². The Kier molecular flexibility index (Phi) is 8.64. The minimum absolute atomic E-state index is 0.159. The van der Waals surface area contributed by atoms with Gasteiger partial charge in [-0.05, 0) is 69.9 Å². The van der Waals surface area contributed by atoms with Crippen LogP contribution in [0.4, 0.5) is 0 Å². The fourth-order valence-corrected chi connectivity index (χ4v) is 4.63. The summed E-state index contributed by atoms with van der Waals surface area (Å²) in [6.07, 6.45) is -0.603. The van der Waals surface area contributed by atoms with Gasteiger partial charge in [-0.15, -0.1) is 0 Å². The molecule has 33 heavy (non-hydrogen) atoms. The van der Waals surface area contributed by atoms with Crippen molar-refractivity contribution in [3.63, 3.8) is 0 Å². The van der Waals surface area contributed by atoms with E-state index >= 15 is 0 Å². The summed E-state index contributed by atoms with van der Waals surface area (Å²) in [5.41, 5.74) is 4.70. The van der Waals surface area contributed by atoms with Gasteiger partial charge in [-0.2, -0.15) is 0 Å². The van der Waals surface area contributed by atoms with Crippen LogP contribution in [0, 0.1) is 5.41 Å². The molecule has 184 valence electrons. The Bertz CT molecular complexity index is 825. The van der Waals surface area contributed by atoms with Gasteiger partial charge in [0.1, 0.15) is 11.5 Å². The first kappa shape index (κ1) is 27.2. The smallest absolute Gasteiger partial charge is 0.157 e. The second kappa shape index (κ2) is 10.5. The number of phenolic OH excluding ortho intramolecular Hbond substituents is 2. The molecule has 0 aliphatic rings. The lowest BCUT2D eigenvalue weighted by Crippen LogP contribution is -2.36. The monoisotopic (exact) mass is 456 g/mol. The highest BCUT2D eigenvalue weighted by Crippen LogP contribution is 2.40. The Morgan fingerprint density at radius 1 is 0.576 bits per heavy atom. The number of benzene rings is 2. The SMILES string of the molecule is CC(C)c1cc(CC(C)(Cc2cc(C(C)C)c(O)c(C(C)C)c2)C(O)O)cc(C(C)C)c1O. The molecule has 0 radical (unpaired) electrons. The van der Waals surface area contributed by atoms with Crippen LogP contribution in [0.2, 0.25) is 0 Å². The first-order chi connectivity index (χ1) is 15.2. The van der Waals surface area contributed by atoms with Crippen molar-refractivity contribution in [2.75, 3.05) is 0 Å². The maximum atomic E-state index is 10.8. The van der Waals surface area contributed by atoms with Crippen LogP contribution in [0.3, 0.4) is 0 Å². The van der Waals surface area contributed by atoms with Crippen LogP contribution in [-0.2, 0) is 12.8 Å². The maximum absolute atomic E-state index is 10.8. The molecule has 0 amide bonds. The fourth-order valence-electron chi connectivity index (χ4n) is 4.63. The molecular formula is C29H44O4. The van der Waals surface area contributed by atoms with E-state index in [1.807, 2.05) is 31.2 Å². The van der Waals surface area contributed by atoms with E-state index < -0.39 is 11.7 Å². The van der Waals surface area contributed by atoms with Crippen LogP contribution < -0.4 is 0 Å². The predicted molar refractivity (Wildman–Crippen MR) is 136 cm³/mol. The molecule has 0 fully saturated rings. The highest BCUT2D eigenvalue weighted by Gasteiger charge is 2.34. The highest BCUT2D eigenvalue weighted by molar-refractivity contribution is 5.48. The Hall–Kier alpha value is -2.04. The van der Waals surface area contributed by atoms with Crippen molar-refractivity contribution in [2.24, 2.45) is 5.41 Å². The third kappa shape index (κ3) is 6.10. The lowest BCUT2D eigenvalue weighted by atomic mass is 9.75. The number of aliphatic hydroxyl groups is 2. The Morgan fingerprint density at radius 2 is 0.818 bits per heavy atom. The zero-order valence-electron chi connectivity index (χ0n) is 21.9. The van der Waals surface area contributed by atoms with Crippen molar-refractivity contribution in [3.05, 3.63) is 57.6 Å². The summed E-state index contributed by atoms with van der Waals surface area (Å²) < 4.78 is 0. The van der Waals surface area contributed by atoms with Gasteiger partial charge in [0.2, 0.25) is 0 Å². The Balaban J connectivity index is 2.55. The average Bonchev–Trinajstić information content (AvgIpc) is 2.69. The molecule has 2 aromatic carbocycles. The van der Waals surface area contributed by atoms with Gasteiger partial charge >= 0.3 is 0 Å². The lowest BCUT2D eigenvalue weighted by Gasteiger charge is -2.33. The molecule has 4 heteroatoms. The molecule has 0 bridgehead atoms. The summed E-state index contributed by atoms with van der Waals surface area (Å²) in [5, 5.41) is 42.5. The molecule has 0 unspecified atom stereocenters. The molecule has 0 heterocycles. The van der Waals surface area contributed by atoms with Crippen molar-refractivity contribution in [3.8, 4) is 11.5 Å². The second-order valence-corrected chi connectivity index (χ2v) is 11.2. The molecule has 0 aromatic heterocycles. The summed E-state index contributed by atoms with van der Waals surface area (Å²) in [7, 11) is 0. The number of hydrogen-bond donors (Lipinski definition) is 4. The maximum Gasteiger partial charge on any atom is 0.157 e. The normalized spacial score (nSPS) is 12.7. The average molecular weight is 457 g/mol. The van der Waals surface area contributed by atoms with Crippen LogP contribution in [0.1, 0.15) is 119 Å². The summed E-state index contributed by atoms with van der Waals surface area (Å²) in [4.78, 5) is 0.